The number of ether oxygens (including phenoxy) is 2. The molecule has 7 heteroatoms. The molecular formula is C24H36N5O2+. The fourth-order valence-electron chi connectivity index (χ4n) is 4.00. The predicted molar refractivity (Wildman–Crippen MR) is 126 cm³/mol. The lowest BCUT2D eigenvalue weighted by molar-refractivity contribution is -0.896. The molecule has 2 aromatic heterocycles. The summed E-state index contributed by atoms with van der Waals surface area (Å²) in [6, 6.07) is 7.82. The van der Waals surface area contributed by atoms with Crippen LogP contribution in [0, 0.1) is 6.92 Å². The molecule has 2 heterocycles. The van der Waals surface area contributed by atoms with Crippen molar-refractivity contribution in [1.82, 2.24) is 14.6 Å². The van der Waals surface area contributed by atoms with E-state index in [-0.39, 0.29) is 0 Å². The van der Waals surface area contributed by atoms with E-state index in [0.717, 1.165) is 59.3 Å². The van der Waals surface area contributed by atoms with Gasteiger partial charge in [0, 0.05) is 41.9 Å². The molecule has 168 valence electrons. The van der Waals surface area contributed by atoms with Gasteiger partial charge in [0.15, 0.2) is 5.65 Å². The summed E-state index contributed by atoms with van der Waals surface area (Å²) in [4.78, 5) is 6.44. The summed E-state index contributed by atoms with van der Waals surface area (Å²) in [5.41, 5.74) is 4.87. The Balaban J connectivity index is 1.95. The fraction of sp³-hybridized carbons (Fsp3) is 0.500. The maximum atomic E-state index is 5.43. The monoisotopic (exact) mass is 426 g/mol. The first kappa shape index (κ1) is 22.9. The normalized spacial score (nSPS) is 11.3. The molecule has 0 unspecified atom stereocenters. The lowest BCUT2D eigenvalue weighted by Gasteiger charge is -2.17. The van der Waals surface area contributed by atoms with Gasteiger partial charge < -0.3 is 19.7 Å². The maximum absolute atomic E-state index is 5.43. The van der Waals surface area contributed by atoms with Crippen molar-refractivity contribution in [3.8, 4) is 22.8 Å². The maximum Gasteiger partial charge on any atom is 0.158 e. The first-order valence-electron chi connectivity index (χ1n) is 11.2. The molecule has 7 nitrogen and oxygen atoms in total. The number of aromatic nitrogens is 3. The highest BCUT2D eigenvalue weighted by molar-refractivity contribution is 5.69. The van der Waals surface area contributed by atoms with E-state index < -0.39 is 0 Å². The fourth-order valence-corrected chi connectivity index (χ4v) is 4.00. The summed E-state index contributed by atoms with van der Waals surface area (Å²) in [5.74, 6) is 2.52. The van der Waals surface area contributed by atoms with Gasteiger partial charge in [0.25, 0.3) is 0 Å². The smallest absolute Gasteiger partial charge is 0.158 e. The summed E-state index contributed by atoms with van der Waals surface area (Å²) >= 11 is 0. The zero-order valence-corrected chi connectivity index (χ0v) is 19.7. The van der Waals surface area contributed by atoms with E-state index in [2.05, 4.69) is 33.0 Å². The van der Waals surface area contributed by atoms with Crippen LogP contribution in [0.3, 0.4) is 0 Å². The van der Waals surface area contributed by atoms with Crippen LogP contribution in [0.5, 0.6) is 11.5 Å². The Morgan fingerprint density at radius 1 is 1.00 bits per heavy atom. The van der Waals surface area contributed by atoms with E-state index in [4.69, 9.17) is 19.6 Å². The number of methoxy groups -OCH3 is 2. The van der Waals surface area contributed by atoms with Crippen molar-refractivity contribution in [3.63, 3.8) is 0 Å². The molecule has 31 heavy (non-hydrogen) atoms. The lowest BCUT2D eigenvalue weighted by atomic mass is 10.1. The van der Waals surface area contributed by atoms with Gasteiger partial charge in [0.1, 0.15) is 17.3 Å². The Kier molecular flexibility index (Phi) is 7.74. The number of benzene rings is 1. The van der Waals surface area contributed by atoms with Crippen molar-refractivity contribution in [3.05, 3.63) is 35.5 Å². The molecule has 0 fully saturated rings. The van der Waals surface area contributed by atoms with E-state index in [1.807, 2.05) is 28.8 Å². The summed E-state index contributed by atoms with van der Waals surface area (Å²) in [7, 11) is 3.31. The minimum absolute atomic E-state index is 0.738. The highest BCUT2D eigenvalue weighted by Crippen LogP contribution is 2.31. The van der Waals surface area contributed by atoms with E-state index in [0.29, 0.717) is 0 Å². The topological polar surface area (TPSA) is 65.1 Å². The molecule has 0 amide bonds. The molecule has 0 atom stereocenters. The number of quaternary nitrogens is 1. The summed E-state index contributed by atoms with van der Waals surface area (Å²) < 4.78 is 12.8. The molecule has 3 aromatic rings. The van der Waals surface area contributed by atoms with Crippen LogP contribution < -0.4 is 19.7 Å². The molecule has 0 saturated carbocycles. The van der Waals surface area contributed by atoms with E-state index in [1.165, 1.54) is 25.2 Å². The molecule has 0 radical (unpaired) electrons. The van der Waals surface area contributed by atoms with Crippen LogP contribution in [0.15, 0.2) is 24.3 Å². The van der Waals surface area contributed by atoms with Crippen molar-refractivity contribution < 1.29 is 14.4 Å². The average molecular weight is 427 g/mol. The van der Waals surface area contributed by atoms with E-state index >= 15 is 0 Å². The minimum Gasteiger partial charge on any atom is -0.497 e. The van der Waals surface area contributed by atoms with Gasteiger partial charge in [-0.05, 0) is 39.3 Å². The number of nitrogens with one attached hydrogen (secondary N) is 2. The van der Waals surface area contributed by atoms with Gasteiger partial charge in [0.2, 0.25) is 0 Å². The second-order valence-electron chi connectivity index (χ2n) is 7.77. The van der Waals surface area contributed by atoms with Crippen LogP contribution in [-0.4, -0.2) is 55.0 Å². The Morgan fingerprint density at radius 3 is 2.26 bits per heavy atom. The van der Waals surface area contributed by atoms with Crippen LogP contribution in [-0.2, 0) is 6.42 Å². The number of hydrogen-bond acceptors (Lipinski definition) is 5. The third kappa shape index (κ3) is 5.10. The minimum atomic E-state index is 0.738. The van der Waals surface area contributed by atoms with Gasteiger partial charge in [-0.2, -0.15) is 9.61 Å². The quantitative estimate of drug-likeness (QED) is 0.462. The van der Waals surface area contributed by atoms with Gasteiger partial charge >= 0.3 is 0 Å². The Morgan fingerprint density at radius 2 is 1.68 bits per heavy atom. The Bertz CT molecular complexity index is 989. The second-order valence-corrected chi connectivity index (χ2v) is 7.77. The standard InChI is InChI=1S/C24H35N5O2/c1-7-21-17(4)26-23-16-22(18-13-19(30-5)15-20(14-18)31-6)27-29(23)24(21)25-11-10-12-28(8-2)9-3/h13-16,25H,7-12H2,1-6H3/p+1. The highest BCUT2D eigenvalue weighted by atomic mass is 16.5. The molecule has 0 saturated heterocycles. The van der Waals surface area contributed by atoms with Crippen molar-refractivity contribution in [2.45, 2.75) is 40.5 Å². The number of fused-ring (bicyclic) bond motifs is 1. The third-order valence-electron chi connectivity index (χ3n) is 5.91. The molecule has 1 aromatic carbocycles. The second kappa shape index (κ2) is 10.5. The molecule has 0 aliphatic heterocycles. The number of rotatable bonds is 11. The molecule has 0 aliphatic rings. The number of aryl methyl sites for hydroxylation is 1. The molecule has 0 aliphatic carbocycles. The number of nitrogens with zero attached hydrogens (tertiary/aromatic N) is 3. The van der Waals surface area contributed by atoms with Crippen LogP contribution >= 0.6 is 0 Å². The number of anilines is 1. The van der Waals surface area contributed by atoms with Gasteiger partial charge in [-0.25, -0.2) is 4.98 Å². The van der Waals surface area contributed by atoms with Crippen molar-refractivity contribution >= 4 is 11.5 Å². The average Bonchev–Trinajstić information content (AvgIpc) is 3.22. The van der Waals surface area contributed by atoms with Crippen LogP contribution in [0.1, 0.15) is 38.4 Å². The summed E-state index contributed by atoms with van der Waals surface area (Å²) in [6.07, 6.45) is 2.02. The molecule has 0 spiro atoms. The van der Waals surface area contributed by atoms with Crippen LogP contribution in [0.25, 0.3) is 16.9 Å². The van der Waals surface area contributed by atoms with Gasteiger partial charge in [-0.3, -0.25) is 0 Å². The van der Waals surface area contributed by atoms with Crippen molar-refractivity contribution in [2.24, 2.45) is 0 Å². The summed E-state index contributed by atoms with van der Waals surface area (Å²) in [6.45, 7) is 13.2. The zero-order valence-electron chi connectivity index (χ0n) is 19.7. The van der Waals surface area contributed by atoms with Crippen molar-refractivity contribution in [2.75, 3.05) is 45.7 Å². The first-order valence-corrected chi connectivity index (χ1v) is 11.2. The van der Waals surface area contributed by atoms with Gasteiger partial charge in [-0.1, -0.05) is 6.92 Å². The number of hydrogen-bond donors (Lipinski definition) is 2. The predicted octanol–water partition coefficient (Wildman–Crippen LogP) is 3.01. The van der Waals surface area contributed by atoms with E-state index in [1.54, 1.807) is 19.1 Å². The molecular weight excluding hydrogens is 390 g/mol. The third-order valence-corrected chi connectivity index (χ3v) is 5.91. The lowest BCUT2D eigenvalue weighted by Crippen LogP contribution is -3.11. The van der Waals surface area contributed by atoms with E-state index in [9.17, 15) is 0 Å². The summed E-state index contributed by atoms with van der Waals surface area (Å²) in [5, 5.41) is 8.56. The van der Waals surface area contributed by atoms with Gasteiger partial charge in [0.05, 0.1) is 39.5 Å². The SMILES string of the molecule is CCc1c(C)nc2cc(-c3cc(OC)cc(OC)c3)nn2c1NCCC[NH+](CC)CC. The first-order chi connectivity index (χ1) is 15.0. The largest absolute Gasteiger partial charge is 0.497 e. The van der Waals surface area contributed by atoms with Crippen molar-refractivity contribution in [1.29, 1.82) is 0 Å². The highest BCUT2D eigenvalue weighted by Gasteiger charge is 2.16. The van der Waals surface area contributed by atoms with Crippen LogP contribution in [0.4, 0.5) is 5.82 Å². The molecule has 0 bridgehead atoms. The van der Waals surface area contributed by atoms with Crippen LogP contribution in [0.2, 0.25) is 0 Å². The Labute approximate surface area is 185 Å². The Hall–Kier alpha value is -2.80. The van der Waals surface area contributed by atoms with Gasteiger partial charge in [-0.15, -0.1) is 0 Å². The molecule has 2 N–H and O–H groups in total. The zero-order chi connectivity index (χ0) is 22.4. The molecule has 3 rings (SSSR count).